The first-order valence-electron chi connectivity index (χ1n) is 6.82. The van der Waals surface area contributed by atoms with Crippen LogP contribution >= 0.6 is 0 Å². The summed E-state index contributed by atoms with van der Waals surface area (Å²) < 4.78 is 2.18. The first kappa shape index (κ1) is 14.5. The minimum atomic E-state index is -0.766. The quantitative estimate of drug-likeness (QED) is 0.931. The van der Waals surface area contributed by atoms with Gasteiger partial charge in [-0.3, -0.25) is 9.78 Å². The molecule has 1 atom stereocenters. The number of aliphatic carboxylic acids is 1. The second-order valence-corrected chi connectivity index (χ2v) is 6.31. The Bertz CT molecular complexity index is 626. The van der Waals surface area contributed by atoms with Gasteiger partial charge in [-0.15, -0.1) is 0 Å². The number of carbonyl (C=O) groups is 1. The van der Waals surface area contributed by atoms with E-state index in [1.54, 1.807) is 12.4 Å². The number of rotatable bonds is 4. The number of imidazole rings is 1. The molecule has 0 aliphatic carbocycles. The van der Waals surface area contributed by atoms with Crippen molar-refractivity contribution in [1.82, 2.24) is 14.5 Å². The van der Waals surface area contributed by atoms with Crippen LogP contribution in [0.1, 0.15) is 39.9 Å². The molecule has 20 heavy (non-hydrogen) atoms. The molecule has 1 unspecified atom stereocenters. The van der Waals surface area contributed by atoms with Crippen LogP contribution in [0.2, 0.25) is 0 Å². The fourth-order valence-electron chi connectivity index (χ4n) is 2.55. The molecule has 0 saturated heterocycles. The van der Waals surface area contributed by atoms with Gasteiger partial charge >= 0.3 is 5.97 Å². The van der Waals surface area contributed by atoms with Crippen LogP contribution in [-0.2, 0) is 16.8 Å². The third-order valence-corrected chi connectivity index (χ3v) is 3.25. The molecule has 0 aromatic carbocycles. The van der Waals surface area contributed by atoms with Crippen LogP contribution in [0.4, 0.5) is 0 Å². The lowest BCUT2D eigenvalue weighted by molar-refractivity contribution is -0.137. The maximum absolute atomic E-state index is 10.8. The Balaban J connectivity index is 2.44. The summed E-state index contributed by atoms with van der Waals surface area (Å²) in [6, 6.07) is 1.96. The molecular formula is C15H21N3O2. The Hall–Kier alpha value is -1.91. The lowest BCUT2D eigenvalue weighted by Gasteiger charge is -2.25. The number of aromatic nitrogens is 3. The summed E-state index contributed by atoms with van der Waals surface area (Å²) in [5, 5.41) is 8.89. The summed E-state index contributed by atoms with van der Waals surface area (Å²) in [6.07, 6.45) is 4.32. The SMILES string of the molecule is CC(CC(=O)O)Cc1nc2cnccc2n1C(C)(C)C. The van der Waals surface area contributed by atoms with Gasteiger partial charge in [-0.2, -0.15) is 0 Å². The highest BCUT2D eigenvalue weighted by molar-refractivity contribution is 5.75. The topological polar surface area (TPSA) is 68.0 Å². The fourth-order valence-corrected chi connectivity index (χ4v) is 2.55. The molecule has 1 N–H and O–H groups in total. The summed E-state index contributed by atoms with van der Waals surface area (Å²) in [6.45, 7) is 8.32. The van der Waals surface area contributed by atoms with Crippen LogP contribution < -0.4 is 0 Å². The van der Waals surface area contributed by atoms with E-state index in [4.69, 9.17) is 5.11 Å². The Labute approximate surface area is 118 Å². The minimum Gasteiger partial charge on any atom is -0.481 e. The van der Waals surface area contributed by atoms with Crippen molar-refractivity contribution in [2.75, 3.05) is 0 Å². The largest absolute Gasteiger partial charge is 0.481 e. The molecule has 0 aliphatic rings. The van der Waals surface area contributed by atoms with Gasteiger partial charge < -0.3 is 9.67 Å². The second kappa shape index (κ2) is 5.23. The smallest absolute Gasteiger partial charge is 0.303 e. The first-order chi connectivity index (χ1) is 9.29. The molecular weight excluding hydrogens is 254 g/mol. The van der Waals surface area contributed by atoms with Crippen LogP contribution in [0, 0.1) is 5.92 Å². The molecule has 0 amide bonds. The van der Waals surface area contributed by atoms with Crippen molar-refractivity contribution in [3.05, 3.63) is 24.3 Å². The summed E-state index contributed by atoms with van der Waals surface area (Å²) in [4.78, 5) is 19.6. The van der Waals surface area contributed by atoms with Crippen molar-refractivity contribution in [2.24, 2.45) is 5.92 Å². The maximum Gasteiger partial charge on any atom is 0.303 e. The van der Waals surface area contributed by atoms with E-state index in [2.05, 4.69) is 35.3 Å². The molecule has 5 nitrogen and oxygen atoms in total. The molecule has 0 aliphatic heterocycles. The third kappa shape index (κ3) is 2.98. The molecule has 2 aromatic rings. The van der Waals surface area contributed by atoms with Gasteiger partial charge in [-0.25, -0.2) is 4.98 Å². The van der Waals surface area contributed by atoms with Gasteiger partial charge in [-0.1, -0.05) is 6.92 Å². The van der Waals surface area contributed by atoms with Crippen LogP contribution in [-0.4, -0.2) is 25.6 Å². The van der Waals surface area contributed by atoms with Crippen LogP contribution in [0.15, 0.2) is 18.5 Å². The Morgan fingerprint density at radius 2 is 2.15 bits per heavy atom. The van der Waals surface area contributed by atoms with Gasteiger partial charge in [0.05, 0.1) is 11.7 Å². The highest BCUT2D eigenvalue weighted by Gasteiger charge is 2.23. The number of hydrogen-bond acceptors (Lipinski definition) is 3. The fraction of sp³-hybridized carbons (Fsp3) is 0.533. The zero-order valence-electron chi connectivity index (χ0n) is 12.4. The zero-order valence-corrected chi connectivity index (χ0v) is 12.4. The molecule has 0 radical (unpaired) electrons. The number of nitrogens with zero attached hydrogens (tertiary/aromatic N) is 3. The van der Waals surface area contributed by atoms with Crippen molar-refractivity contribution in [3.63, 3.8) is 0 Å². The number of carboxylic acid groups (broad SMARTS) is 1. The Morgan fingerprint density at radius 1 is 1.45 bits per heavy atom. The van der Waals surface area contributed by atoms with E-state index in [1.165, 1.54) is 0 Å². The Kier molecular flexibility index (Phi) is 3.79. The average Bonchev–Trinajstić information content (AvgIpc) is 2.64. The van der Waals surface area contributed by atoms with E-state index < -0.39 is 5.97 Å². The minimum absolute atomic E-state index is 0.0540. The number of hydrogen-bond donors (Lipinski definition) is 1. The second-order valence-electron chi connectivity index (χ2n) is 6.31. The molecule has 0 fully saturated rings. The van der Waals surface area contributed by atoms with Gasteiger partial charge in [-0.05, 0) is 32.8 Å². The van der Waals surface area contributed by atoms with Gasteiger partial charge in [0, 0.05) is 24.6 Å². The lowest BCUT2D eigenvalue weighted by atomic mass is 10.0. The van der Waals surface area contributed by atoms with E-state index in [0.717, 1.165) is 16.9 Å². The predicted molar refractivity (Wildman–Crippen MR) is 77.6 cm³/mol. The molecule has 5 heteroatoms. The van der Waals surface area contributed by atoms with E-state index in [0.29, 0.717) is 6.42 Å². The van der Waals surface area contributed by atoms with E-state index in [1.807, 2.05) is 13.0 Å². The van der Waals surface area contributed by atoms with Crippen molar-refractivity contribution >= 4 is 17.0 Å². The first-order valence-corrected chi connectivity index (χ1v) is 6.82. The summed E-state index contributed by atoms with van der Waals surface area (Å²) in [7, 11) is 0. The zero-order chi connectivity index (χ0) is 14.9. The Morgan fingerprint density at radius 3 is 2.75 bits per heavy atom. The molecule has 0 saturated carbocycles. The highest BCUT2D eigenvalue weighted by Crippen LogP contribution is 2.26. The third-order valence-electron chi connectivity index (χ3n) is 3.25. The molecule has 2 heterocycles. The summed E-state index contributed by atoms with van der Waals surface area (Å²) in [5.41, 5.74) is 1.80. The van der Waals surface area contributed by atoms with Gasteiger partial charge in [0.25, 0.3) is 0 Å². The summed E-state index contributed by atoms with van der Waals surface area (Å²) >= 11 is 0. The van der Waals surface area contributed by atoms with Crippen LogP contribution in [0.5, 0.6) is 0 Å². The van der Waals surface area contributed by atoms with Crippen molar-refractivity contribution < 1.29 is 9.90 Å². The average molecular weight is 275 g/mol. The normalized spacial score (nSPS) is 13.6. The standard InChI is InChI=1S/C15H21N3O2/c1-10(8-14(19)20)7-13-17-11-9-16-6-5-12(11)18(13)15(2,3)4/h5-6,9-10H,7-8H2,1-4H3,(H,19,20). The van der Waals surface area contributed by atoms with Crippen molar-refractivity contribution in [2.45, 2.75) is 46.1 Å². The molecule has 108 valence electrons. The maximum atomic E-state index is 10.8. The van der Waals surface area contributed by atoms with E-state index in [9.17, 15) is 4.79 Å². The monoisotopic (exact) mass is 275 g/mol. The number of carboxylic acids is 1. The van der Waals surface area contributed by atoms with Crippen LogP contribution in [0.3, 0.4) is 0 Å². The van der Waals surface area contributed by atoms with E-state index >= 15 is 0 Å². The lowest BCUT2D eigenvalue weighted by Crippen LogP contribution is -2.25. The van der Waals surface area contributed by atoms with Crippen molar-refractivity contribution in [3.8, 4) is 0 Å². The highest BCUT2D eigenvalue weighted by atomic mass is 16.4. The molecule has 0 bridgehead atoms. The summed E-state index contributed by atoms with van der Waals surface area (Å²) in [5.74, 6) is 0.213. The van der Waals surface area contributed by atoms with Gasteiger partial charge in [0.1, 0.15) is 11.3 Å². The molecule has 2 rings (SSSR count). The van der Waals surface area contributed by atoms with Crippen molar-refractivity contribution in [1.29, 1.82) is 0 Å². The number of pyridine rings is 1. The van der Waals surface area contributed by atoms with E-state index in [-0.39, 0.29) is 17.9 Å². The molecule has 2 aromatic heterocycles. The van der Waals surface area contributed by atoms with Gasteiger partial charge in [0.15, 0.2) is 0 Å². The van der Waals surface area contributed by atoms with Gasteiger partial charge in [0.2, 0.25) is 0 Å². The predicted octanol–water partition coefficient (Wildman–Crippen LogP) is 2.84. The number of fused-ring (bicyclic) bond motifs is 1. The van der Waals surface area contributed by atoms with Crippen LogP contribution in [0.25, 0.3) is 11.0 Å². The molecule has 0 spiro atoms.